The number of rotatable bonds is 2. The minimum absolute atomic E-state index is 0.185. The molecule has 0 aliphatic heterocycles. The molecule has 11 aromatic rings. The zero-order chi connectivity index (χ0) is 34.6. The molecule has 53 heavy (non-hydrogen) atoms. The summed E-state index contributed by atoms with van der Waals surface area (Å²) in [6.45, 7) is 0. The summed E-state index contributed by atoms with van der Waals surface area (Å²) in [5.41, 5.74) is 11.0. The van der Waals surface area contributed by atoms with Crippen molar-refractivity contribution in [2.75, 3.05) is 0 Å². The first-order chi connectivity index (χ1) is 26.3. The normalized spacial score (nSPS) is 14.2. The number of hydrogen-bond acceptors (Lipinski definition) is 1. The number of benzene rings is 10. The van der Waals surface area contributed by atoms with Gasteiger partial charge in [-0.3, -0.25) is 0 Å². The van der Waals surface area contributed by atoms with Crippen molar-refractivity contribution >= 4 is 75.8 Å². The molecule has 1 aromatic heterocycles. The van der Waals surface area contributed by atoms with Crippen LogP contribution in [0, 0.1) is 0 Å². The van der Waals surface area contributed by atoms with E-state index in [2.05, 4.69) is 176 Å². The molecule has 246 valence electrons. The summed E-state index contributed by atoms with van der Waals surface area (Å²) in [6, 6.07) is 65.2. The molecule has 0 saturated carbocycles. The average Bonchev–Trinajstić information content (AvgIpc) is 3.62. The smallest absolute Gasteiger partial charge is 0.139 e. The van der Waals surface area contributed by atoms with Crippen LogP contribution in [0.25, 0.3) is 98.1 Å². The van der Waals surface area contributed by atoms with Crippen molar-refractivity contribution in [1.82, 2.24) is 0 Å². The van der Waals surface area contributed by atoms with Crippen LogP contribution >= 0.6 is 0 Å². The van der Waals surface area contributed by atoms with Crippen molar-refractivity contribution in [2.24, 2.45) is 0 Å². The lowest BCUT2D eigenvalue weighted by Crippen LogP contribution is -2.13. The highest BCUT2D eigenvalue weighted by molar-refractivity contribution is 6.39. The summed E-state index contributed by atoms with van der Waals surface area (Å²) in [4.78, 5) is 0. The summed E-state index contributed by atoms with van der Waals surface area (Å²) in [5, 5.41) is 15.4. The molecule has 10 aromatic carbocycles. The van der Waals surface area contributed by atoms with Gasteiger partial charge in [0.25, 0.3) is 0 Å². The predicted molar refractivity (Wildman–Crippen MR) is 224 cm³/mol. The van der Waals surface area contributed by atoms with Crippen molar-refractivity contribution in [1.29, 1.82) is 0 Å². The van der Waals surface area contributed by atoms with Gasteiger partial charge in [0.2, 0.25) is 0 Å². The first kappa shape index (κ1) is 28.9. The molecule has 0 radical (unpaired) electrons. The standard InChI is InChI=1S/C52H32O/c1-2-13-34-33(12-1)30-47(45-22-11-21-44-40-17-9-10-23-49(40)53-52(44)45)39-27-25-31(28-46(34)39)32-24-26-38-37-16-5-7-19-42(37)50-41-18-6-3-14-35(41)36-15-4-8-20-43(36)51(50)48(38)29-32/h1-29,47H,30H2/t47-/m0/s1. The second-order valence-electron chi connectivity index (χ2n) is 14.7. The second-order valence-corrected chi connectivity index (χ2v) is 14.7. The molecular formula is C52H32O. The zero-order valence-corrected chi connectivity index (χ0v) is 28.9. The van der Waals surface area contributed by atoms with Gasteiger partial charge in [-0.15, -0.1) is 0 Å². The van der Waals surface area contributed by atoms with Crippen LogP contribution in [0.2, 0.25) is 0 Å². The number of fused-ring (bicyclic) bond motifs is 17. The van der Waals surface area contributed by atoms with Crippen molar-refractivity contribution in [3.63, 3.8) is 0 Å². The van der Waals surface area contributed by atoms with Crippen LogP contribution in [0.5, 0.6) is 0 Å². The van der Waals surface area contributed by atoms with E-state index in [0.29, 0.717) is 0 Å². The number of furan rings is 1. The Bertz CT molecular complexity index is 3310. The largest absolute Gasteiger partial charge is 0.456 e. The number of hydrogen-bond donors (Lipinski definition) is 0. The Hall–Kier alpha value is -6.70. The van der Waals surface area contributed by atoms with E-state index < -0.39 is 0 Å². The quantitative estimate of drug-likeness (QED) is 0.167. The maximum absolute atomic E-state index is 6.60. The summed E-state index contributed by atoms with van der Waals surface area (Å²) in [7, 11) is 0. The summed E-state index contributed by atoms with van der Waals surface area (Å²) >= 11 is 0. The van der Waals surface area contributed by atoms with E-state index in [4.69, 9.17) is 4.42 Å². The molecule has 1 atom stereocenters. The van der Waals surface area contributed by atoms with Crippen LogP contribution < -0.4 is 0 Å². The van der Waals surface area contributed by atoms with Crippen LogP contribution in [-0.2, 0) is 6.42 Å². The highest BCUT2D eigenvalue weighted by Crippen LogP contribution is 2.48. The van der Waals surface area contributed by atoms with E-state index >= 15 is 0 Å². The molecule has 0 amide bonds. The van der Waals surface area contributed by atoms with E-state index in [1.165, 1.54) is 104 Å². The monoisotopic (exact) mass is 672 g/mol. The molecule has 0 fully saturated rings. The highest BCUT2D eigenvalue weighted by Gasteiger charge is 2.29. The topological polar surface area (TPSA) is 13.1 Å². The zero-order valence-electron chi connectivity index (χ0n) is 28.9. The molecule has 1 heteroatoms. The van der Waals surface area contributed by atoms with E-state index in [9.17, 15) is 0 Å². The van der Waals surface area contributed by atoms with Gasteiger partial charge in [-0.05, 0) is 112 Å². The van der Waals surface area contributed by atoms with Crippen molar-refractivity contribution < 1.29 is 4.42 Å². The SMILES string of the molecule is c1ccc2c(c1)C[C@H](c1cccc3c1oc1ccccc13)c1ccc(-c3ccc4c5ccccc5c5c6ccccc6c6ccccc6c5c4c3)cc1-2. The summed E-state index contributed by atoms with van der Waals surface area (Å²) in [6.07, 6.45) is 0.939. The van der Waals surface area contributed by atoms with E-state index in [1.54, 1.807) is 0 Å². The highest BCUT2D eigenvalue weighted by atomic mass is 16.3. The Morgan fingerprint density at radius 3 is 1.64 bits per heavy atom. The lowest BCUT2D eigenvalue weighted by atomic mass is 9.74. The van der Waals surface area contributed by atoms with Crippen LogP contribution in [0.15, 0.2) is 180 Å². The molecule has 1 aliphatic rings. The van der Waals surface area contributed by atoms with Gasteiger partial charge in [-0.2, -0.15) is 0 Å². The van der Waals surface area contributed by atoms with Crippen molar-refractivity contribution in [3.05, 3.63) is 193 Å². The Kier molecular flexibility index (Phi) is 5.95. The fourth-order valence-electron chi connectivity index (χ4n) is 9.69. The molecule has 1 aliphatic carbocycles. The van der Waals surface area contributed by atoms with Gasteiger partial charge < -0.3 is 4.42 Å². The first-order valence-electron chi connectivity index (χ1n) is 18.6. The second kappa shape index (κ2) is 10.9. The third-order valence-corrected chi connectivity index (χ3v) is 12.0. The molecule has 0 bridgehead atoms. The maximum Gasteiger partial charge on any atom is 0.139 e. The minimum atomic E-state index is 0.185. The lowest BCUT2D eigenvalue weighted by molar-refractivity contribution is 0.654. The predicted octanol–water partition coefficient (Wildman–Crippen LogP) is 14.4. The fourth-order valence-corrected chi connectivity index (χ4v) is 9.69. The van der Waals surface area contributed by atoms with Gasteiger partial charge in [0, 0.05) is 22.3 Å². The van der Waals surface area contributed by atoms with Crippen LogP contribution in [0.3, 0.4) is 0 Å². The Balaban J connectivity index is 1.11. The lowest BCUT2D eigenvalue weighted by Gasteiger charge is -2.29. The van der Waals surface area contributed by atoms with Crippen LogP contribution in [-0.4, -0.2) is 0 Å². The van der Waals surface area contributed by atoms with Crippen LogP contribution in [0.4, 0.5) is 0 Å². The van der Waals surface area contributed by atoms with Gasteiger partial charge in [0.15, 0.2) is 0 Å². The molecular weight excluding hydrogens is 641 g/mol. The Morgan fingerprint density at radius 2 is 0.906 bits per heavy atom. The van der Waals surface area contributed by atoms with Gasteiger partial charge in [0.05, 0.1) is 0 Å². The fraction of sp³-hybridized carbons (Fsp3) is 0.0385. The molecule has 0 unspecified atom stereocenters. The molecule has 1 heterocycles. The Morgan fingerprint density at radius 1 is 0.358 bits per heavy atom. The third-order valence-electron chi connectivity index (χ3n) is 12.0. The van der Waals surface area contributed by atoms with Gasteiger partial charge in [-0.1, -0.05) is 158 Å². The maximum atomic E-state index is 6.60. The summed E-state index contributed by atoms with van der Waals surface area (Å²) in [5.74, 6) is 0.185. The van der Waals surface area contributed by atoms with Crippen LogP contribution in [0.1, 0.15) is 22.6 Å². The Labute approximate surface area is 306 Å². The number of para-hydroxylation sites is 2. The molecule has 0 N–H and O–H groups in total. The molecule has 12 rings (SSSR count). The molecule has 0 spiro atoms. The third kappa shape index (κ3) is 4.08. The average molecular weight is 673 g/mol. The summed E-state index contributed by atoms with van der Waals surface area (Å²) < 4.78 is 6.60. The minimum Gasteiger partial charge on any atom is -0.456 e. The van der Waals surface area contributed by atoms with E-state index in [1.807, 2.05) is 0 Å². The molecule has 1 nitrogen and oxygen atoms in total. The first-order valence-corrected chi connectivity index (χ1v) is 18.6. The van der Waals surface area contributed by atoms with E-state index in [0.717, 1.165) is 17.6 Å². The van der Waals surface area contributed by atoms with Crippen molar-refractivity contribution in [3.8, 4) is 22.3 Å². The van der Waals surface area contributed by atoms with E-state index in [-0.39, 0.29) is 5.92 Å². The van der Waals surface area contributed by atoms with Gasteiger partial charge in [0.1, 0.15) is 11.2 Å². The molecule has 0 saturated heterocycles. The van der Waals surface area contributed by atoms with Gasteiger partial charge >= 0.3 is 0 Å². The van der Waals surface area contributed by atoms with Crippen molar-refractivity contribution in [2.45, 2.75) is 12.3 Å². The van der Waals surface area contributed by atoms with Gasteiger partial charge in [-0.25, -0.2) is 0 Å².